The Morgan fingerprint density at radius 3 is 1.47 bits per heavy atom. The fourth-order valence-corrected chi connectivity index (χ4v) is 8.58. The first-order chi connectivity index (χ1) is 28.2. The summed E-state index contributed by atoms with van der Waals surface area (Å²) in [6.45, 7) is 0. The molecule has 0 unspecified atom stereocenters. The zero-order valence-corrected chi connectivity index (χ0v) is 30.5. The van der Waals surface area contributed by atoms with Crippen LogP contribution in [0.4, 0.5) is 0 Å². The molecule has 6 heteroatoms. The van der Waals surface area contributed by atoms with E-state index >= 15 is 0 Å². The van der Waals surface area contributed by atoms with Gasteiger partial charge < -0.3 is 13.6 Å². The van der Waals surface area contributed by atoms with Crippen LogP contribution in [0.1, 0.15) is 0 Å². The first-order valence-corrected chi connectivity index (χ1v) is 19.1. The topological polar surface area (TPSA) is 61.7 Å². The van der Waals surface area contributed by atoms with Gasteiger partial charge in [-0.15, -0.1) is 0 Å². The van der Waals surface area contributed by atoms with Gasteiger partial charge in [-0.1, -0.05) is 121 Å². The Bertz CT molecular complexity index is 3490. The summed E-state index contributed by atoms with van der Waals surface area (Å²) in [7, 11) is 0. The molecular weight excluding hydrogens is 699 g/mol. The molecule has 0 aliphatic carbocycles. The second-order valence-corrected chi connectivity index (χ2v) is 14.5. The lowest BCUT2D eigenvalue weighted by atomic mass is 10.1. The maximum Gasteiger partial charge on any atom is 0.164 e. The molecule has 0 fully saturated rings. The van der Waals surface area contributed by atoms with E-state index < -0.39 is 0 Å². The predicted octanol–water partition coefficient (Wildman–Crippen LogP) is 13.0. The van der Waals surface area contributed by atoms with E-state index in [4.69, 9.17) is 19.4 Å². The lowest BCUT2D eigenvalue weighted by Gasteiger charge is -2.12. The van der Waals surface area contributed by atoms with E-state index in [0.29, 0.717) is 17.5 Å². The number of rotatable bonds is 5. The van der Waals surface area contributed by atoms with Crippen LogP contribution in [0, 0.1) is 0 Å². The Hall–Kier alpha value is -7.83. The van der Waals surface area contributed by atoms with Crippen molar-refractivity contribution in [3.8, 4) is 45.5 Å². The molecule has 6 nitrogen and oxygen atoms in total. The van der Waals surface area contributed by atoms with Gasteiger partial charge >= 0.3 is 0 Å². The molecule has 4 aromatic heterocycles. The third-order valence-corrected chi connectivity index (χ3v) is 11.2. The SMILES string of the molecule is c1ccc(-c2nc(-c3cccc(-n4c5ccccc5c5cc(-n6c7ccccc7c7ccccc76)ccc54)c3)nc(-c3ccc4c(c3)oc3ccccc34)n2)cc1. The molecule has 4 heterocycles. The van der Waals surface area contributed by atoms with Crippen LogP contribution in [0.3, 0.4) is 0 Å². The number of furan rings is 1. The normalized spacial score (nSPS) is 11.9. The van der Waals surface area contributed by atoms with Crippen molar-refractivity contribution in [1.82, 2.24) is 24.1 Å². The summed E-state index contributed by atoms with van der Waals surface area (Å²) in [5.41, 5.74) is 11.1. The number of benzene rings is 8. The van der Waals surface area contributed by atoms with Crippen LogP contribution in [0.15, 0.2) is 192 Å². The van der Waals surface area contributed by atoms with E-state index in [1.165, 1.54) is 32.6 Å². The van der Waals surface area contributed by atoms with E-state index in [1.54, 1.807) is 0 Å². The smallest absolute Gasteiger partial charge is 0.164 e. The summed E-state index contributed by atoms with van der Waals surface area (Å²) in [4.78, 5) is 15.2. The van der Waals surface area contributed by atoms with Gasteiger partial charge in [0.2, 0.25) is 0 Å². The summed E-state index contributed by atoms with van der Waals surface area (Å²) < 4.78 is 11.0. The third kappa shape index (κ3) is 4.94. The molecule has 0 bridgehead atoms. The highest BCUT2D eigenvalue weighted by molar-refractivity contribution is 6.12. The lowest BCUT2D eigenvalue weighted by molar-refractivity contribution is 0.669. The van der Waals surface area contributed by atoms with Crippen molar-refractivity contribution >= 4 is 65.6 Å². The van der Waals surface area contributed by atoms with Gasteiger partial charge in [-0.25, -0.2) is 15.0 Å². The average Bonchev–Trinajstić information content (AvgIpc) is 3.94. The lowest BCUT2D eigenvalue weighted by Crippen LogP contribution is -2.01. The Morgan fingerprint density at radius 1 is 0.298 bits per heavy atom. The van der Waals surface area contributed by atoms with Gasteiger partial charge in [0.05, 0.1) is 22.1 Å². The summed E-state index contributed by atoms with van der Waals surface area (Å²) >= 11 is 0. The van der Waals surface area contributed by atoms with Crippen molar-refractivity contribution < 1.29 is 4.42 Å². The molecule has 12 aromatic rings. The number of para-hydroxylation sites is 4. The van der Waals surface area contributed by atoms with E-state index in [-0.39, 0.29) is 0 Å². The van der Waals surface area contributed by atoms with Gasteiger partial charge in [-0.3, -0.25) is 0 Å². The number of hydrogen-bond donors (Lipinski definition) is 0. The van der Waals surface area contributed by atoms with Crippen molar-refractivity contribution in [2.45, 2.75) is 0 Å². The van der Waals surface area contributed by atoms with E-state index in [2.05, 4.69) is 143 Å². The Balaban J connectivity index is 1.02. The number of nitrogens with zero attached hydrogens (tertiary/aromatic N) is 5. The van der Waals surface area contributed by atoms with Crippen LogP contribution in [0.25, 0.3) is 111 Å². The first-order valence-electron chi connectivity index (χ1n) is 19.1. The molecule has 12 rings (SSSR count). The molecule has 0 aliphatic heterocycles. The van der Waals surface area contributed by atoms with Crippen LogP contribution >= 0.6 is 0 Å². The van der Waals surface area contributed by atoms with Gasteiger partial charge in [0.25, 0.3) is 0 Å². The maximum absolute atomic E-state index is 6.26. The van der Waals surface area contributed by atoms with Crippen LogP contribution in [0.5, 0.6) is 0 Å². The number of aromatic nitrogens is 5. The standard InChI is InChI=1S/C51H31N5O/c1-2-13-32(14-3-1)49-52-50(54-51(53-49)34-25-27-41-40-20-7-11-24-47(40)57-48(41)30-34)33-15-12-16-35(29-33)55-45-23-10-6-19-39(45)42-31-36(26-28-46(42)55)56-43-21-8-4-17-37(43)38-18-5-9-22-44(38)56/h1-31H. The molecular formula is C51H31N5O. The van der Waals surface area contributed by atoms with Crippen LogP contribution in [-0.2, 0) is 0 Å². The Labute approximate surface area is 326 Å². The van der Waals surface area contributed by atoms with Gasteiger partial charge in [-0.05, 0) is 66.7 Å². The summed E-state index contributed by atoms with van der Waals surface area (Å²) in [5.74, 6) is 1.79. The second-order valence-electron chi connectivity index (χ2n) is 14.5. The molecule has 0 spiro atoms. The van der Waals surface area contributed by atoms with Crippen molar-refractivity contribution in [1.29, 1.82) is 0 Å². The monoisotopic (exact) mass is 729 g/mol. The van der Waals surface area contributed by atoms with Crippen LogP contribution in [-0.4, -0.2) is 24.1 Å². The fourth-order valence-electron chi connectivity index (χ4n) is 8.58. The largest absolute Gasteiger partial charge is 0.456 e. The van der Waals surface area contributed by atoms with Crippen LogP contribution < -0.4 is 0 Å². The molecule has 8 aromatic carbocycles. The molecule has 0 atom stereocenters. The van der Waals surface area contributed by atoms with Crippen molar-refractivity contribution in [2.75, 3.05) is 0 Å². The van der Waals surface area contributed by atoms with Gasteiger partial charge in [0.1, 0.15) is 11.2 Å². The summed E-state index contributed by atoms with van der Waals surface area (Å²) in [6, 6.07) is 65.7. The van der Waals surface area contributed by atoms with Crippen LogP contribution in [0.2, 0.25) is 0 Å². The zero-order valence-electron chi connectivity index (χ0n) is 30.5. The molecule has 0 amide bonds. The first kappa shape index (κ1) is 31.5. The van der Waals surface area contributed by atoms with E-state index in [0.717, 1.165) is 61.0 Å². The molecule has 0 aliphatic rings. The van der Waals surface area contributed by atoms with Gasteiger partial charge in [0.15, 0.2) is 17.5 Å². The Kier molecular flexibility index (Phi) is 6.83. The molecule has 266 valence electrons. The van der Waals surface area contributed by atoms with Gasteiger partial charge in [-0.2, -0.15) is 0 Å². The Morgan fingerprint density at radius 2 is 0.789 bits per heavy atom. The zero-order chi connectivity index (χ0) is 37.5. The molecule has 0 saturated carbocycles. The highest BCUT2D eigenvalue weighted by atomic mass is 16.3. The minimum atomic E-state index is 0.584. The maximum atomic E-state index is 6.26. The number of fused-ring (bicyclic) bond motifs is 9. The minimum Gasteiger partial charge on any atom is -0.456 e. The van der Waals surface area contributed by atoms with Crippen molar-refractivity contribution in [2.24, 2.45) is 0 Å². The molecule has 0 saturated heterocycles. The predicted molar refractivity (Wildman–Crippen MR) is 232 cm³/mol. The highest BCUT2D eigenvalue weighted by Gasteiger charge is 2.19. The average molecular weight is 730 g/mol. The van der Waals surface area contributed by atoms with E-state index in [1.807, 2.05) is 54.6 Å². The van der Waals surface area contributed by atoms with Crippen molar-refractivity contribution in [3.63, 3.8) is 0 Å². The van der Waals surface area contributed by atoms with Gasteiger partial charge in [0, 0.05) is 60.4 Å². The quantitative estimate of drug-likeness (QED) is 0.177. The fraction of sp³-hybridized carbons (Fsp3) is 0. The van der Waals surface area contributed by atoms with Crippen molar-refractivity contribution in [3.05, 3.63) is 188 Å². The summed E-state index contributed by atoms with van der Waals surface area (Å²) in [6.07, 6.45) is 0. The summed E-state index contributed by atoms with van der Waals surface area (Å²) in [5, 5.41) is 7.03. The molecule has 0 radical (unpaired) electrons. The molecule has 0 N–H and O–H groups in total. The highest BCUT2D eigenvalue weighted by Crippen LogP contribution is 2.38. The number of hydrogen-bond acceptors (Lipinski definition) is 4. The van der Waals surface area contributed by atoms with E-state index in [9.17, 15) is 0 Å². The third-order valence-electron chi connectivity index (χ3n) is 11.2. The molecule has 57 heavy (non-hydrogen) atoms. The second kappa shape index (κ2) is 12.3. The minimum absolute atomic E-state index is 0.584.